The third-order valence-corrected chi connectivity index (χ3v) is 5.76. The van der Waals surface area contributed by atoms with Crippen LogP contribution in [0.2, 0.25) is 0 Å². The van der Waals surface area contributed by atoms with Crippen LogP contribution in [-0.2, 0) is 4.74 Å². The molecule has 8 heteroatoms. The Balaban J connectivity index is 0.00000245. The van der Waals surface area contributed by atoms with Gasteiger partial charge in [0.25, 0.3) is 0 Å². The Morgan fingerprint density at radius 2 is 1.72 bits per heavy atom. The van der Waals surface area contributed by atoms with Gasteiger partial charge in [0.2, 0.25) is 0 Å². The molecule has 4 heterocycles. The van der Waals surface area contributed by atoms with Gasteiger partial charge in [-0.1, -0.05) is 36.2 Å². The first kappa shape index (κ1) is 23.0. The molecule has 3 aromatic heterocycles. The van der Waals surface area contributed by atoms with E-state index in [4.69, 9.17) is 19.9 Å². The van der Waals surface area contributed by atoms with Crippen molar-refractivity contribution < 1.29 is 35.9 Å². The van der Waals surface area contributed by atoms with Gasteiger partial charge in [-0.2, -0.15) is 27.6 Å². The van der Waals surface area contributed by atoms with Crippen molar-refractivity contribution in [3.05, 3.63) is 74.3 Å². The summed E-state index contributed by atoms with van der Waals surface area (Å²) in [5, 5.41) is 9.66. The van der Waals surface area contributed by atoms with Crippen LogP contribution in [0.3, 0.4) is 0 Å². The monoisotopic (exact) mass is 652 g/mol. The van der Waals surface area contributed by atoms with E-state index in [1.165, 1.54) is 0 Å². The number of rotatable bonds is 6. The molecule has 5 rings (SSSR count). The zero-order chi connectivity index (χ0) is 21.2. The predicted molar refractivity (Wildman–Crippen MR) is 121 cm³/mol. The minimum atomic E-state index is 0. The van der Waals surface area contributed by atoms with Gasteiger partial charge in [-0.25, -0.2) is 9.67 Å². The van der Waals surface area contributed by atoms with Crippen molar-refractivity contribution in [1.82, 2.24) is 24.4 Å². The summed E-state index contributed by atoms with van der Waals surface area (Å²) in [5.74, 6) is 1.98. The van der Waals surface area contributed by atoms with Crippen LogP contribution in [0.1, 0.15) is 24.5 Å². The van der Waals surface area contributed by atoms with Crippen LogP contribution in [0, 0.1) is 45.0 Å². The van der Waals surface area contributed by atoms with Gasteiger partial charge in [0, 0.05) is 37.0 Å². The fourth-order valence-corrected chi connectivity index (χ4v) is 3.95. The predicted octanol–water partition coefficient (Wildman–Crippen LogP) is 3.95. The number of ether oxygens (including phenoxy) is 1. The Bertz CT molecular complexity index is 1160. The third kappa shape index (κ3) is 4.50. The molecular weight excluding hydrogens is 626 g/mol. The average molecular weight is 653 g/mol. The van der Waals surface area contributed by atoms with Gasteiger partial charge in [0.15, 0.2) is 11.5 Å². The largest absolute Gasteiger partial charge is 2.00 e. The summed E-state index contributed by atoms with van der Waals surface area (Å²) in [6.07, 6.45) is 3.47. The van der Waals surface area contributed by atoms with E-state index in [0.29, 0.717) is 13.2 Å². The number of anilines is 1. The minimum absolute atomic E-state index is 0. The quantitative estimate of drug-likeness (QED) is 0.296. The summed E-state index contributed by atoms with van der Waals surface area (Å²) >= 11 is 0. The van der Waals surface area contributed by atoms with Crippen LogP contribution < -0.4 is 4.90 Å². The van der Waals surface area contributed by atoms with E-state index in [-0.39, 0.29) is 37.0 Å². The van der Waals surface area contributed by atoms with E-state index in [0.717, 1.165) is 60.2 Å². The first-order chi connectivity index (χ1) is 15.3. The molecule has 7 nitrogen and oxygen atoms in total. The van der Waals surface area contributed by atoms with Crippen molar-refractivity contribution in [2.45, 2.75) is 18.8 Å². The third-order valence-electron chi connectivity index (χ3n) is 5.76. The SMILES string of the molecule is [CH2-]CC(C[CH2-])c1cc2nc(-n3ccc(-c4ccccc4)n3)cc(N3CCOCC3)n2n1.[U+2]. The van der Waals surface area contributed by atoms with E-state index >= 15 is 0 Å². The average Bonchev–Trinajstić information content (AvgIpc) is 3.48. The Kier molecular flexibility index (Phi) is 7.34. The van der Waals surface area contributed by atoms with Crippen molar-refractivity contribution >= 4 is 11.5 Å². The summed E-state index contributed by atoms with van der Waals surface area (Å²) < 4.78 is 9.32. The molecule has 0 atom stereocenters. The molecule has 1 aromatic carbocycles. The number of hydrogen-bond acceptors (Lipinski definition) is 5. The van der Waals surface area contributed by atoms with E-state index in [1.54, 1.807) is 0 Å². The zero-order valence-electron chi connectivity index (χ0n) is 18.0. The first-order valence-corrected chi connectivity index (χ1v) is 10.7. The number of hydrogen-bond donors (Lipinski definition) is 0. The molecule has 0 bridgehead atoms. The Morgan fingerprint density at radius 3 is 2.44 bits per heavy atom. The number of aromatic nitrogens is 5. The Labute approximate surface area is 212 Å². The van der Waals surface area contributed by atoms with E-state index in [1.807, 2.05) is 39.7 Å². The van der Waals surface area contributed by atoms with Crippen LogP contribution in [0.15, 0.2) is 54.7 Å². The molecular formula is C24H26N6OU. The fraction of sp³-hybridized carbons (Fsp3) is 0.292. The molecule has 0 radical (unpaired) electrons. The van der Waals surface area contributed by atoms with E-state index in [2.05, 4.69) is 43.0 Å². The van der Waals surface area contributed by atoms with E-state index in [9.17, 15) is 0 Å². The molecule has 4 aromatic rings. The van der Waals surface area contributed by atoms with Crippen molar-refractivity contribution in [3.8, 4) is 17.1 Å². The van der Waals surface area contributed by atoms with Crippen molar-refractivity contribution in [3.63, 3.8) is 0 Å². The number of benzene rings is 1. The molecule has 1 fully saturated rings. The number of morpholine rings is 1. The van der Waals surface area contributed by atoms with Crippen LogP contribution in [0.25, 0.3) is 22.7 Å². The number of nitrogens with zero attached hydrogens (tertiary/aromatic N) is 6. The van der Waals surface area contributed by atoms with Gasteiger partial charge in [0.1, 0.15) is 5.82 Å². The molecule has 1 aliphatic rings. The maximum atomic E-state index is 5.56. The molecule has 1 saturated heterocycles. The molecule has 162 valence electrons. The Morgan fingerprint density at radius 1 is 0.969 bits per heavy atom. The topological polar surface area (TPSA) is 60.5 Å². The second-order valence-electron chi connectivity index (χ2n) is 7.70. The zero-order valence-corrected chi connectivity index (χ0v) is 22.2. The second kappa shape index (κ2) is 10.2. The van der Waals surface area contributed by atoms with E-state index < -0.39 is 0 Å². The molecule has 0 N–H and O–H groups in total. The van der Waals surface area contributed by atoms with Gasteiger partial charge in [0.05, 0.1) is 24.6 Å². The molecule has 32 heavy (non-hydrogen) atoms. The second-order valence-corrected chi connectivity index (χ2v) is 7.70. The van der Waals surface area contributed by atoms with Crippen LogP contribution in [0.4, 0.5) is 5.82 Å². The summed E-state index contributed by atoms with van der Waals surface area (Å²) in [6, 6.07) is 16.3. The standard InChI is InChI=1S/C24H26N6O.U/c1-3-18(4-2)21-16-23-25-22(17-24(30(23)27-21)28-12-14-31-15-13-28)29-11-10-20(26-29)19-8-6-5-7-9-19;/h5-11,16-18H,1-4,12-15H2;/q-2;+2. The van der Waals surface area contributed by atoms with Gasteiger partial charge in [-0.05, 0) is 6.07 Å². The van der Waals surface area contributed by atoms with Gasteiger partial charge >= 0.3 is 31.1 Å². The summed E-state index contributed by atoms with van der Waals surface area (Å²) in [5.41, 5.74) is 3.78. The molecule has 1 aliphatic heterocycles. The maximum Gasteiger partial charge on any atom is 2.00 e. The molecule has 0 aliphatic carbocycles. The first-order valence-electron chi connectivity index (χ1n) is 10.7. The van der Waals surface area contributed by atoms with Crippen LogP contribution >= 0.6 is 0 Å². The van der Waals surface area contributed by atoms with Gasteiger partial charge in [-0.3, -0.25) is 0 Å². The smallest absolute Gasteiger partial charge is 0.378 e. The van der Waals surface area contributed by atoms with Crippen molar-refractivity contribution in [1.29, 1.82) is 0 Å². The molecule has 0 saturated carbocycles. The van der Waals surface area contributed by atoms with Crippen molar-refractivity contribution in [2.75, 3.05) is 31.2 Å². The molecule has 0 unspecified atom stereocenters. The minimum Gasteiger partial charge on any atom is -0.378 e. The summed E-state index contributed by atoms with van der Waals surface area (Å²) in [7, 11) is 0. The fourth-order valence-electron chi connectivity index (χ4n) is 3.95. The Hall–Kier alpha value is -2.14. The van der Waals surface area contributed by atoms with Crippen LogP contribution in [0.5, 0.6) is 0 Å². The van der Waals surface area contributed by atoms with Gasteiger partial charge < -0.3 is 23.5 Å². The maximum absolute atomic E-state index is 5.56. The van der Waals surface area contributed by atoms with Crippen molar-refractivity contribution in [2.24, 2.45) is 0 Å². The number of fused-ring (bicyclic) bond motifs is 1. The molecule has 0 spiro atoms. The summed E-state index contributed by atoms with van der Waals surface area (Å²) in [6.45, 7) is 11.2. The normalized spacial score (nSPS) is 14.2. The summed E-state index contributed by atoms with van der Waals surface area (Å²) in [4.78, 5) is 7.18. The van der Waals surface area contributed by atoms with Gasteiger partial charge in [-0.15, -0.1) is 0 Å². The van der Waals surface area contributed by atoms with Crippen LogP contribution in [-0.4, -0.2) is 50.7 Å². The molecule has 0 amide bonds.